The van der Waals surface area contributed by atoms with Crippen LogP contribution in [0.25, 0.3) is 11.0 Å². The van der Waals surface area contributed by atoms with Gasteiger partial charge in [0, 0.05) is 5.41 Å². The molecule has 0 unspecified atom stereocenters. The van der Waals surface area contributed by atoms with E-state index in [9.17, 15) is 0 Å². The number of rotatable bonds is 2. The Bertz CT molecular complexity index is 708. The lowest BCUT2D eigenvalue weighted by molar-refractivity contribution is 0.601. The zero-order valence-electron chi connectivity index (χ0n) is 11.6. The number of nitrogens with one attached hydrogen (secondary N) is 1. The maximum absolute atomic E-state index is 4.75. The molecule has 1 aromatic heterocycles. The zero-order valence-corrected chi connectivity index (χ0v) is 11.6. The molecule has 0 saturated carbocycles. The average molecular weight is 250 g/mol. The van der Waals surface area contributed by atoms with Gasteiger partial charge in [0.15, 0.2) is 0 Å². The third-order valence-electron chi connectivity index (χ3n) is 3.72. The minimum atomic E-state index is -0.117. The molecule has 0 aliphatic carbocycles. The van der Waals surface area contributed by atoms with Crippen molar-refractivity contribution in [1.82, 2.24) is 9.97 Å². The van der Waals surface area contributed by atoms with Crippen molar-refractivity contribution in [2.75, 3.05) is 0 Å². The number of imidazole rings is 1. The van der Waals surface area contributed by atoms with Crippen molar-refractivity contribution in [3.8, 4) is 0 Å². The fourth-order valence-electron chi connectivity index (χ4n) is 2.41. The van der Waals surface area contributed by atoms with E-state index in [-0.39, 0.29) is 5.41 Å². The molecule has 2 heteroatoms. The molecule has 0 saturated heterocycles. The van der Waals surface area contributed by atoms with E-state index in [1.807, 2.05) is 6.07 Å². The maximum atomic E-state index is 4.75. The Labute approximate surface area is 113 Å². The molecule has 0 bridgehead atoms. The Morgan fingerprint density at radius 2 is 1.74 bits per heavy atom. The summed E-state index contributed by atoms with van der Waals surface area (Å²) in [6.07, 6.45) is 0. The molecule has 0 fully saturated rings. The summed E-state index contributed by atoms with van der Waals surface area (Å²) in [4.78, 5) is 8.21. The summed E-state index contributed by atoms with van der Waals surface area (Å²) in [5.41, 5.74) is 4.54. The van der Waals surface area contributed by atoms with Crippen LogP contribution in [0, 0.1) is 6.92 Å². The lowest BCUT2D eigenvalue weighted by Crippen LogP contribution is -2.20. The van der Waals surface area contributed by atoms with E-state index < -0.39 is 0 Å². The number of benzene rings is 2. The summed E-state index contributed by atoms with van der Waals surface area (Å²) < 4.78 is 0. The lowest BCUT2D eigenvalue weighted by atomic mass is 9.84. The molecule has 96 valence electrons. The standard InChI is InChI=1S/C17H18N2/c1-12-9-10-14-15(11-12)19-16(18-14)17(2,3)13-7-5-4-6-8-13/h4-11H,1-3H3,(H,18,19). The third kappa shape index (κ3) is 2.03. The summed E-state index contributed by atoms with van der Waals surface area (Å²) in [5.74, 6) is 1.01. The second kappa shape index (κ2) is 4.23. The highest BCUT2D eigenvalue weighted by Gasteiger charge is 2.26. The second-order valence-corrected chi connectivity index (χ2v) is 5.60. The van der Waals surface area contributed by atoms with Crippen molar-refractivity contribution in [3.05, 3.63) is 65.5 Å². The molecule has 0 aliphatic heterocycles. The second-order valence-electron chi connectivity index (χ2n) is 5.60. The molecule has 0 atom stereocenters. The van der Waals surface area contributed by atoms with E-state index in [2.05, 4.69) is 68.2 Å². The first kappa shape index (κ1) is 12.0. The minimum Gasteiger partial charge on any atom is -0.341 e. The van der Waals surface area contributed by atoms with Crippen LogP contribution in [0.15, 0.2) is 48.5 Å². The normalized spacial score (nSPS) is 11.9. The molecule has 0 amide bonds. The molecule has 1 heterocycles. The van der Waals surface area contributed by atoms with Crippen molar-refractivity contribution in [3.63, 3.8) is 0 Å². The van der Waals surface area contributed by atoms with Crippen LogP contribution in [0.3, 0.4) is 0 Å². The number of fused-ring (bicyclic) bond motifs is 1. The van der Waals surface area contributed by atoms with Crippen LogP contribution in [0.2, 0.25) is 0 Å². The fraction of sp³-hybridized carbons (Fsp3) is 0.235. The predicted molar refractivity (Wildman–Crippen MR) is 79.4 cm³/mol. The Hall–Kier alpha value is -2.09. The van der Waals surface area contributed by atoms with E-state index in [0.717, 1.165) is 16.9 Å². The molecule has 1 N–H and O–H groups in total. The van der Waals surface area contributed by atoms with Crippen LogP contribution >= 0.6 is 0 Å². The highest BCUT2D eigenvalue weighted by Crippen LogP contribution is 2.30. The first-order chi connectivity index (χ1) is 9.07. The van der Waals surface area contributed by atoms with Gasteiger partial charge in [0.25, 0.3) is 0 Å². The maximum Gasteiger partial charge on any atom is 0.117 e. The highest BCUT2D eigenvalue weighted by molar-refractivity contribution is 5.76. The quantitative estimate of drug-likeness (QED) is 0.725. The SMILES string of the molecule is Cc1ccc2nc(C(C)(C)c3ccccc3)[nH]c2c1. The van der Waals surface area contributed by atoms with Crippen LogP contribution in [0.1, 0.15) is 30.8 Å². The molecule has 0 spiro atoms. The van der Waals surface area contributed by atoms with Gasteiger partial charge in [-0.25, -0.2) is 4.98 Å². The van der Waals surface area contributed by atoms with Gasteiger partial charge >= 0.3 is 0 Å². The largest absolute Gasteiger partial charge is 0.341 e. The van der Waals surface area contributed by atoms with Crippen LogP contribution in [-0.4, -0.2) is 9.97 Å². The highest BCUT2D eigenvalue weighted by atomic mass is 14.9. The summed E-state index contributed by atoms with van der Waals surface area (Å²) in [6.45, 7) is 6.50. The Morgan fingerprint density at radius 3 is 2.47 bits per heavy atom. The Kier molecular flexibility index (Phi) is 2.67. The van der Waals surface area contributed by atoms with E-state index in [0.29, 0.717) is 0 Å². The summed E-state index contributed by atoms with van der Waals surface area (Å²) in [7, 11) is 0. The molecule has 0 aliphatic rings. The van der Waals surface area contributed by atoms with E-state index in [1.165, 1.54) is 11.1 Å². The molecular formula is C17H18N2. The van der Waals surface area contributed by atoms with Crippen LogP contribution in [0.5, 0.6) is 0 Å². The van der Waals surface area contributed by atoms with Crippen LogP contribution in [-0.2, 0) is 5.41 Å². The number of aromatic nitrogens is 2. The monoisotopic (exact) mass is 250 g/mol. The number of hydrogen-bond donors (Lipinski definition) is 1. The molecule has 3 rings (SSSR count). The van der Waals surface area contributed by atoms with Crippen LogP contribution < -0.4 is 0 Å². The van der Waals surface area contributed by atoms with Gasteiger partial charge in [0.05, 0.1) is 11.0 Å². The Morgan fingerprint density at radius 1 is 1.00 bits per heavy atom. The zero-order chi connectivity index (χ0) is 13.5. The van der Waals surface area contributed by atoms with E-state index in [4.69, 9.17) is 4.98 Å². The van der Waals surface area contributed by atoms with Crippen LogP contribution in [0.4, 0.5) is 0 Å². The van der Waals surface area contributed by atoms with Crippen molar-refractivity contribution < 1.29 is 0 Å². The molecule has 2 aromatic carbocycles. The lowest BCUT2D eigenvalue weighted by Gasteiger charge is -2.22. The predicted octanol–water partition coefficient (Wildman–Crippen LogP) is 4.20. The average Bonchev–Trinajstić information content (AvgIpc) is 2.83. The summed E-state index contributed by atoms with van der Waals surface area (Å²) in [5, 5.41) is 0. The van der Waals surface area contributed by atoms with Gasteiger partial charge < -0.3 is 4.98 Å². The van der Waals surface area contributed by atoms with Gasteiger partial charge in [-0.3, -0.25) is 0 Å². The molecular weight excluding hydrogens is 232 g/mol. The summed E-state index contributed by atoms with van der Waals surface area (Å²) in [6, 6.07) is 16.8. The minimum absolute atomic E-state index is 0.117. The third-order valence-corrected chi connectivity index (χ3v) is 3.72. The number of aryl methyl sites for hydroxylation is 1. The molecule has 3 aromatic rings. The summed E-state index contributed by atoms with van der Waals surface area (Å²) >= 11 is 0. The fourth-order valence-corrected chi connectivity index (χ4v) is 2.41. The first-order valence-electron chi connectivity index (χ1n) is 6.60. The topological polar surface area (TPSA) is 28.7 Å². The molecule has 2 nitrogen and oxygen atoms in total. The van der Waals surface area contributed by atoms with Gasteiger partial charge in [0.1, 0.15) is 5.82 Å². The van der Waals surface area contributed by atoms with Gasteiger partial charge in [0.2, 0.25) is 0 Å². The Balaban J connectivity index is 2.13. The van der Waals surface area contributed by atoms with Crippen molar-refractivity contribution in [2.24, 2.45) is 0 Å². The number of H-pyrrole nitrogens is 1. The van der Waals surface area contributed by atoms with E-state index in [1.54, 1.807) is 0 Å². The van der Waals surface area contributed by atoms with Gasteiger partial charge in [-0.2, -0.15) is 0 Å². The van der Waals surface area contributed by atoms with Gasteiger partial charge in [-0.1, -0.05) is 36.4 Å². The van der Waals surface area contributed by atoms with Crippen molar-refractivity contribution >= 4 is 11.0 Å². The number of hydrogen-bond acceptors (Lipinski definition) is 1. The van der Waals surface area contributed by atoms with E-state index >= 15 is 0 Å². The first-order valence-corrected chi connectivity index (χ1v) is 6.60. The van der Waals surface area contributed by atoms with Crippen molar-refractivity contribution in [1.29, 1.82) is 0 Å². The molecule has 0 radical (unpaired) electrons. The number of nitrogens with zero attached hydrogens (tertiary/aromatic N) is 1. The number of aromatic amines is 1. The smallest absolute Gasteiger partial charge is 0.117 e. The van der Waals surface area contributed by atoms with Crippen molar-refractivity contribution in [2.45, 2.75) is 26.2 Å². The van der Waals surface area contributed by atoms with Gasteiger partial charge in [-0.15, -0.1) is 0 Å². The van der Waals surface area contributed by atoms with Gasteiger partial charge in [-0.05, 0) is 44.0 Å². The molecule has 19 heavy (non-hydrogen) atoms.